The lowest BCUT2D eigenvalue weighted by Gasteiger charge is -2.10. The van der Waals surface area contributed by atoms with E-state index < -0.39 is 0 Å². The van der Waals surface area contributed by atoms with Crippen molar-refractivity contribution in [2.75, 3.05) is 11.2 Å². The van der Waals surface area contributed by atoms with Crippen LogP contribution in [-0.4, -0.2) is 27.1 Å². The molecule has 0 radical (unpaired) electrons. The summed E-state index contributed by atoms with van der Waals surface area (Å²) in [6.07, 6.45) is 3.79. The second kappa shape index (κ2) is 5.62. The summed E-state index contributed by atoms with van der Waals surface area (Å²) in [4.78, 5) is 0. The average Bonchev–Trinajstić information content (AvgIpc) is 2.53. The molecule has 0 aliphatic heterocycles. The zero-order chi connectivity index (χ0) is 9.68. The summed E-state index contributed by atoms with van der Waals surface area (Å²) in [6.45, 7) is 0.566. The van der Waals surface area contributed by atoms with Crippen molar-refractivity contribution < 1.29 is 4.74 Å². The molecule has 0 aliphatic carbocycles. The predicted molar refractivity (Wildman–Crippen MR) is 56.3 cm³/mol. The highest BCUT2D eigenvalue weighted by Gasteiger charge is 2.06. The summed E-state index contributed by atoms with van der Waals surface area (Å²) in [5.41, 5.74) is 1.07. The smallest absolute Gasteiger partial charge is 0.0811 e. The topological polar surface area (TPSA) is 27.1 Å². The molecule has 74 valence electrons. The minimum absolute atomic E-state index is 0.0712. The Morgan fingerprint density at radius 2 is 2.54 bits per heavy atom. The van der Waals surface area contributed by atoms with Crippen molar-refractivity contribution in [2.45, 2.75) is 12.7 Å². The molecule has 0 spiro atoms. The quantitative estimate of drug-likeness (QED) is 0.763. The number of rotatable bonds is 5. The van der Waals surface area contributed by atoms with Crippen molar-refractivity contribution in [2.24, 2.45) is 7.05 Å². The number of ether oxygens (including phenoxy) is 1. The lowest BCUT2D eigenvalue weighted by Crippen LogP contribution is -2.15. The first-order valence-electron chi connectivity index (χ1n) is 3.97. The van der Waals surface area contributed by atoms with Crippen LogP contribution in [0.3, 0.4) is 0 Å². The Balaban J connectivity index is 2.33. The van der Waals surface area contributed by atoms with Gasteiger partial charge in [-0.1, -0.05) is 15.9 Å². The van der Waals surface area contributed by atoms with Gasteiger partial charge in [-0.25, -0.2) is 0 Å². The maximum atomic E-state index is 5.66. The van der Waals surface area contributed by atoms with Gasteiger partial charge < -0.3 is 4.74 Å². The zero-order valence-corrected chi connectivity index (χ0v) is 9.75. The minimum atomic E-state index is 0.0712. The summed E-state index contributed by atoms with van der Waals surface area (Å²) < 4.78 is 7.26. The molecule has 0 aromatic carbocycles. The average molecular weight is 268 g/mol. The Bertz CT molecular complexity index is 250. The molecule has 0 saturated carbocycles. The van der Waals surface area contributed by atoms with Crippen molar-refractivity contribution >= 4 is 27.5 Å². The van der Waals surface area contributed by atoms with Crippen LogP contribution in [-0.2, 0) is 18.4 Å². The van der Waals surface area contributed by atoms with Crippen molar-refractivity contribution in [1.82, 2.24) is 9.78 Å². The number of hydrogen-bond acceptors (Lipinski definition) is 2. The molecular weight excluding hydrogens is 255 g/mol. The fourth-order valence-corrected chi connectivity index (χ4v) is 1.77. The third-order valence-electron chi connectivity index (χ3n) is 1.59. The van der Waals surface area contributed by atoms with Crippen molar-refractivity contribution in [3.05, 3.63) is 18.0 Å². The highest BCUT2D eigenvalue weighted by Crippen LogP contribution is 2.05. The van der Waals surface area contributed by atoms with Gasteiger partial charge in [0.05, 0.1) is 18.9 Å². The van der Waals surface area contributed by atoms with Gasteiger partial charge in [0.25, 0.3) is 0 Å². The second-order valence-electron chi connectivity index (χ2n) is 2.76. The summed E-state index contributed by atoms with van der Waals surface area (Å²) in [5, 5.41) is 4.80. The van der Waals surface area contributed by atoms with E-state index >= 15 is 0 Å². The van der Waals surface area contributed by atoms with Gasteiger partial charge in [-0.05, 0) is 0 Å². The maximum Gasteiger partial charge on any atom is 0.0811 e. The lowest BCUT2D eigenvalue weighted by molar-refractivity contribution is 0.0717. The van der Waals surface area contributed by atoms with E-state index in [9.17, 15) is 0 Å². The number of alkyl halides is 2. The molecule has 5 heteroatoms. The number of aromatic nitrogens is 2. The van der Waals surface area contributed by atoms with Gasteiger partial charge in [0.1, 0.15) is 0 Å². The summed E-state index contributed by atoms with van der Waals surface area (Å²) in [6, 6.07) is 0. The molecule has 0 amide bonds. The van der Waals surface area contributed by atoms with Gasteiger partial charge in [-0.15, -0.1) is 11.6 Å². The molecule has 13 heavy (non-hydrogen) atoms. The Morgan fingerprint density at radius 3 is 3.00 bits per heavy atom. The Hall–Kier alpha value is -0.0600. The molecule has 3 nitrogen and oxygen atoms in total. The fraction of sp³-hybridized carbons (Fsp3) is 0.625. The van der Waals surface area contributed by atoms with E-state index in [0.717, 1.165) is 10.9 Å². The van der Waals surface area contributed by atoms with Crippen molar-refractivity contribution in [3.63, 3.8) is 0 Å². The van der Waals surface area contributed by atoms with E-state index in [0.29, 0.717) is 12.5 Å². The van der Waals surface area contributed by atoms with E-state index in [1.807, 2.05) is 13.2 Å². The molecule has 1 aromatic heterocycles. The first-order valence-corrected chi connectivity index (χ1v) is 5.63. The molecule has 0 saturated heterocycles. The summed E-state index contributed by atoms with van der Waals surface area (Å²) >= 11 is 8.99. The van der Waals surface area contributed by atoms with Crippen LogP contribution in [0.15, 0.2) is 12.4 Å². The molecule has 0 bridgehead atoms. The van der Waals surface area contributed by atoms with Gasteiger partial charge in [0.15, 0.2) is 0 Å². The Kier molecular flexibility index (Phi) is 4.77. The van der Waals surface area contributed by atoms with Gasteiger partial charge >= 0.3 is 0 Å². The van der Waals surface area contributed by atoms with Gasteiger partial charge in [-0.2, -0.15) is 5.10 Å². The van der Waals surface area contributed by atoms with E-state index in [1.54, 1.807) is 10.9 Å². The Morgan fingerprint density at radius 1 is 1.77 bits per heavy atom. The van der Waals surface area contributed by atoms with Gasteiger partial charge in [-0.3, -0.25) is 4.68 Å². The molecule has 1 heterocycles. The van der Waals surface area contributed by atoms with Crippen LogP contribution in [0.5, 0.6) is 0 Å². The van der Waals surface area contributed by atoms with Gasteiger partial charge in [0, 0.05) is 30.0 Å². The van der Waals surface area contributed by atoms with Crippen LogP contribution in [0.1, 0.15) is 5.56 Å². The minimum Gasteiger partial charge on any atom is -0.371 e. The van der Waals surface area contributed by atoms with Crippen LogP contribution in [0.2, 0.25) is 0 Å². The molecule has 1 aromatic rings. The van der Waals surface area contributed by atoms with E-state index in [-0.39, 0.29) is 6.10 Å². The van der Waals surface area contributed by atoms with Crippen LogP contribution in [0.4, 0.5) is 0 Å². The summed E-state index contributed by atoms with van der Waals surface area (Å²) in [5.74, 6) is 0.505. The standard InChI is InChI=1S/C8H12BrClN2O/c1-12-5-7(4-11-12)6-13-8(2-9)3-10/h4-5,8H,2-3,6H2,1H3/t8-/m1/s1. The molecule has 0 unspecified atom stereocenters. The zero-order valence-electron chi connectivity index (χ0n) is 7.41. The van der Waals surface area contributed by atoms with Crippen LogP contribution in [0.25, 0.3) is 0 Å². The van der Waals surface area contributed by atoms with Crippen molar-refractivity contribution in [1.29, 1.82) is 0 Å². The molecule has 1 atom stereocenters. The summed E-state index contributed by atoms with van der Waals surface area (Å²) in [7, 11) is 1.88. The Labute approximate surface area is 91.1 Å². The molecule has 0 N–H and O–H groups in total. The number of nitrogens with zero attached hydrogens (tertiary/aromatic N) is 2. The lowest BCUT2D eigenvalue weighted by atomic mass is 10.4. The van der Waals surface area contributed by atoms with Crippen molar-refractivity contribution in [3.8, 4) is 0 Å². The first kappa shape index (κ1) is 11.0. The number of hydrogen-bond donors (Lipinski definition) is 0. The largest absolute Gasteiger partial charge is 0.371 e. The number of halogens is 2. The number of aryl methyl sites for hydroxylation is 1. The van der Waals surface area contributed by atoms with E-state index in [2.05, 4.69) is 21.0 Å². The van der Waals surface area contributed by atoms with Gasteiger partial charge in [0.2, 0.25) is 0 Å². The first-order chi connectivity index (χ1) is 6.26. The normalized spacial score (nSPS) is 13.2. The van der Waals surface area contributed by atoms with Crippen LogP contribution in [0, 0.1) is 0 Å². The van der Waals surface area contributed by atoms with E-state index in [1.165, 1.54) is 0 Å². The highest BCUT2D eigenvalue weighted by molar-refractivity contribution is 9.09. The third-order valence-corrected chi connectivity index (χ3v) is 2.65. The van der Waals surface area contributed by atoms with Crippen LogP contribution >= 0.6 is 27.5 Å². The highest BCUT2D eigenvalue weighted by atomic mass is 79.9. The monoisotopic (exact) mass is 266 g/mol. The maximum absolute atomic E-state index is 5.66. The van der Waals surface area contributed by atoms with Crippen LogP contribution < -0.4 is 0 Å². The predicted octanol–water partition coefficient (Wildman–Crippen LogP) is 1.94. The molecular formula is C8H12BrClN2O. The fourth-order valence-electron chi connectivity index (χ4n) is 0.891. The second-order valence-corrected chi connectivity index (χ2v) is 3.72. The molecule has 0 aliphatic rings. The van der Waals surface area contributed by atoms with E-state index in [4.69, 9.17) is 16.3 Å². The SMILES string of the molecule is Cn1cc(CO[C@@H](CCl)CBr)cn1. The molecule has 0 fully saturated rings. The molecule has 1 rings (SSSR count). The third kappa shape index (κ3) is 3.67.